The average molecular weight is 288 g/mol. The Hall–Kier alpha value is -1.51. The third-order valence-corrected chi connectivity index (χ3v) is 4.32. The molecule has 0 heterocycles. The fourth-order valence-corrected chi connectivity index (χ4v) is 3.05. The summed E-state index contributed by atoms with van der Waals surface area (Å²) in [6.07, 6.45) is 1.14. The Kier molecular flexibility index (Phi) is 3.68. The number of hydrogen-bond acceptors (Lipinski definition) is 2. The predicted molar refractivity (Wildman–Crippen MR) is 82.2 cm³/mol. The lowest BCUT2D eigenvalue weighted by Crippen LogP contribution is -2.14. The van der Waals surface area contributed by atoms with E-state index in [0.717, 1.165) is 17.7 Å². The van der Waals surface area contributed by atoms with Crippen LogP contribution in [0.3, 0.4) is 0 Å². The number of hydrogen-bond donors (Lipinski definition) is 1. The maximum absolute atomic E-state index is 6.43. The maximum atomic E-state index is 6.43. The molecule has 3 rings (SSSR count). The number of halogens is 1. The minimum atomic E-state index is -0.00702. The van der Waals surface area contributed by atoms with E-state index in [-0.39, 0.29) is 6.04 Å². The van der Waals surface area contributed by atoms with E-state index in [1.54, 1.807) is 7.11 Å². The normalized spacial score (nSPS) is 22.4. The zero-order valence-electron chi connectivity index (χ0n) is 11.4. The van der Waals surface area contributed by atoms with E-state index in [1.807, 2.05) is 24.3 Å². The van der Waals surface area contributed by atoms with Crippen molar-refractivity contribution >= 4 is 11.6 Å². The molecule has 0 aliphatic heterocycles. The summed E-state index contributed by atoms with van der Waals surface area (Å²) in [6, 6.07) is 16.2. The molecule has 3 atom stereocenters. The first-order valence-electron chi connectivity index (χ1n) is 6.84. The second-order valence-corrected chi connectivity index (χ2v) is 5.77. The van der Waals surface area contributed by atoms with Crippen LogP contribution in [0.4, 0.5) is 0 Å². The first kappa shape index (κ1) is 13.5. The summed E-state index contributed by atoms with van der Waals surface area (Å²) in [7, 11) is 1.66. The van der Waals surface area contributed by atoms with Crippen molar-refractivity contribution in [3.05, 3.63) is 64.7 Å². The van der Waals surface area contributed by atoms with Crippen LogP contribution < -0.4 is 10.5 Å². The van der Waals surface area contributed by atoms with Crippen molar-refractivity contribution in [3.8, 4) is 5.75 Å². The molecule has 20 heavy (non-hydrogen) atoms. The predicted octanol–water partition coefficient (Wildman–Crippen LogP) is 4.15. The second-order valence-electron chi connectivity index (χ2n) is 5.33. The Balaban J connectivity index is 1.80. The summed E-state index contributed by atoms with van der Waals surface area (Å²) >= 11 is 6.00. The van der Waals surface area contributed by atoms with Crippen molar-refractivity contribution in [1.29, 1.82) is 0 Å². The molecule has 2 N–H and O–H groups in total. The van der Waals surface area contributed by atoms with Crippen molar-refractivity contribution < 1.29 is 4.74 Å². The number of ether oxygens (including phenoxy) is 1. The van der Waals surface area contributed by atoms with Gasteiger partial charge in [0.2, 0.25) is 0 Å². The van der Waals surface area contributed by atoms with Gasteiger partial charge in [0.05, 0.1) is 7.11 Å². The summed E-state index contributed by atoms with van der Waals surface area (Å²) in [6.45, 7) is 0. The molecule has 3 unspecified atom stereocenters. The zero-order chi connectivity index (χ0) is 14.1. The van der Waals surface area contributed by atoms with Crippen molar-refractivity contribution in [2.24, 2.45) is 11.7 Å². The second kappa shape index (κ2) is 5.47. The van der Waals surface area contributed by atoms with E-state index in [4.69, 9.17) is 22.1 Å². The summed E-state index contributed by atoms with van der Waals surface area (Å²) < 4.78 is 5.40. The Morgan fingerprint density at radius 3 is 2.65 bits per heavy atom. The topological polar surface area (TPSA) is 35.2 Å². The molecule has 2 nitrogen and oxygen atoms in total. The summed E-state index contributed by atoms with van der Waals surface area (Å²) in [5, 5.41) is 0.674. The Morgan fingerprint density at radius 1 is 1.20 bits per heavy atom. The Bertz CT molecular complexity index is 599. The van der Waals surface area contributed by atoms with E-state index < -0.39 is 0 Å². The fourth-order valence-electron chi connectivity index (χ4n) is 2.89. The highest BCUT2D eigenvalue weighted by Crippen LogP contribution is 2.54. The summed E-state index contributed by atoms with van der Waals surface area (Å²) in [5.74, 6) is 1.82. The first-order chi connectivity index (χ1) is 9.70. The van der Waals surface area contributed by atoms with Crippen LogP contribution in [0.5, 0.6) is 5.75 Å². The molecule has 0 spiro atoms. The van der Waals surface area contributed by atoms with Gasteiger partial charge in [0.15, 0.2) is 0 Å². The number of methoxy groups -OCH3 is 1. The average Bonchev–Trinajstić information content (AvgIpc) is 3.28. The highest BCUT2D eigenvalue weighted by atomic mass is 35.5. The molecule has 0 bridgehead atoms. The Labute approximate surface area is 124 Å². The lowest BCUT2D eigenvalue weighted by atomic mass is 9.99. The monoisotopic (exact) mass is 287 g/mol. The Morgan fingerprint density at radius 2 is 1.95 bits per heavy atom. The third-order valence-electron chi connectivity index (χ3n) is 4.08. The van der Waals surface area contributed by atoms with Crippen molar-refractivity contribution in [2.45, 2.75) is 18.4 Å². The van der Waals surface area contributed by atoms with E-state index in [2.05, 4.69) is 24.3 Å². The third kappa shape index (κ3) is 2.54. The quantitative estimate of drug-likeness (QED) is 0.917. The molecular formula is C17H18ClNO. The fraction of sp³-hybridized carbons (Fsp3) is 0.294. The molecule has 3 heteroatoms. The van der Waals surface area contributed by atoms with E-state index in [0.29, 0.717) is 16.9 Å². The largest absolute Gasteiger partial charge is 0.496 e. The van der Waals surface area contributed by atoms with Gasteiger partial charge in [0.1, 0.15) is 5.75 Å². The van der Waals surface area contributed by atoms with Gasteiger partial charge >= 0.3 is 0 Å². The van der Waals surface area contributed by atoms with Gasteiger partial charge in [-0.3, -0.25) is 0 Å². The van der Waals surface area contributed by atoms with Crippen molar-refractivity contribution in [2.75, 3.05) is 7.11 Å². The number of benzene rings is 2. The van der Waals surface area contributed by atoms with Gasteiger partial charge in [-0.1, -0.05) is 48.0 Å². The maximum Gasteiger partial charge on any atom is 0.125 e. The molecule has 1 aliphatic rings. The molecular weight excluding hydrogens is 270 g/mol. The van der Waals surface area contributed by atoms with Crippen LogP contribution in [0.15, 0.2) is 48.5 Å². The van der Waals surface area contributed by atoms with Gasteiger partial charge in [-0.2, -0.15) is 0 Å². The smallest absolute Gasteiger partial charge is 0.125 e. The molecule has 1 saturated carbocycles. The molecule has 1 aliphatic carbocycles. The molecule has 1 fully saturated rings. The van der Waals surface area contributed by atoms with Crippen LogP contribution in [0, 0.1) is 5.92 Å². The van der Waals surface area contributed by atoms with E-state index in [9.17, 15) is 0 Å². The van der Waals surface area contributed by atoms with Crippen molar-refractivity contribution in [3.63, 3.8) is 0 Å². The van der Waals surface area contributed by atoms with Crippen LogP contribution in [0.25, 0.3) is 0 Å². The molecule has 104 valence electrons. The number of rotatable bonds is 4. The minimum Gasteiger partial charge on any atom is -0.496 e. The van der Waals surface area contributed by atoms with Gasteiger partial charge in [-0.25, -0.2) is 0 Å². The highest BCUT2D eigenvalue weighted by molar-refractivity contribution is 6.30. The summed E-state index contributed by atoms with van der Waals surface area (Å²) in [4.78, 5) is 0. The van der Waals surface area contributed by atoms with Gasteiger partial charge in [0, 0.05) is 16.6 Å². The zero-order valence-corrected chi connectivity index (χ0v) is 12.2. The van der Waals surface area contributed by atoms with Crippen LogP contribution in [-0.4, -0.2) is 7.11 Å². The van der Waals surface area contributed by atoms with Crippen LogP contribution in [0.2, 0.25) is 5.02 Å². The van der Waals surface area contributed by atoms with Crippen LogP contribution >= 0.6 is 11.6 Å². The first-order valence-corrected chi connectivity index (χ1v) is 7.22. The van der Waals surface area contributed by atoms with Crippen LogP contribution in [0.1, 0.15) is 29.5 Å². The number of nitrogens with two attached hydrogens (primary N) is 1. The standard InChI is InChI=1S/C17H18ClNO/c1-20-16-9-12(18)7-8-13(16)17(19)15-10-14(15)11-5-3-2-4-6-11/h2-9,14-15,17H,10,19H2,1H3. The van der Waals surface area contributed by atoms with Crippen LogP contribution in [-0.2, 0) is 0 Å². The lowest BCUT2D eigenvalue weighted by Gasteiger charge is -2.16. The molecule has 0 saturated heterocycles. The molecule has 2 aromatic carbocycles. The molecule has 2 aromatic rings. The molecule has 0 radical (unpaired) electrons. The lowest BCUT2D eigenvalue weighted by molar-refractivity contribution is 0.402. The van der Waals surface area contributed by atoms with Gasteiger partial charge in [-0.15, -0.1) is 0 Å². The SMILES string of the molecule is COc1cc(Cl)ccc1C(N)C1CC1c1ccccc1. The van der Waals surface area contributed by atoms with Crippen molar-refractivity contribution in [1.82, 2.24) is 0 Å². The van der Waals surface area contributed by atoms with E-state index in [1.165, 1.54) is 5.56 Å². The highest BCUT2D eigenvalue weighted by Gasteiger charge is 2.43. The van der Waals surface area contributed by atoms with E-state index >= 15 is 0 Å². The van der Waals surface area contributed by atoms with Gasteiger partial charge < -0.3 is 10.5 Å². The summed E-state index contributed by atoms with van der Waals surface area (Å²) in [5.41, 5.74) is 8.85. The van der Waals surface area contributed by atoms with Gasteiger partial charge in [0.25, 0.3) is 0 Å². The molecule has 0 amide bonds. The molecule has 0 aromatic heterocycles. The minimum absolute atomic E-state index is 0.00702. The van der Waals surface area contributed by atoms with Gasteiger partial charge in [-0.05, 0) is 36.0 Å².